The third-order valence-electron chi connectivity index (χ3n) is 2.29. The summed E-state index contributed by atoms with van der Waals surface area (Å²) in [7, 11) is 0. The minimum absolute atomic E-state index is 0.0752. The molecule has 0 bridgehead atoms. The minimum atomic E-state index is -0.597. The van der Waals surface area contributed by atoms with Crippen molar-refractivity contribution in [3.05, 3.63) is 47.2 Å². The van der Waals surface area contributed by atoms with Gasteiger partial charge in [-0.25, -0.2) is 0 Å². The van der Waals surface area contributed by atoms with Crippen molar-refractivity contribution < 1.29 is 9.90 Å². The Bertz CT molecular complexity index is 471. The quantitative estimate of drug-likeness (QED) is 0.715. The summed E-state index contributed by atoms with van der Waals surface area (Å²) >= 11 is 0. The first-order valence-electron chi connectivity index (χ1n) is 4.43. The third kappa shape index (κ3) is 1.44. The van der Waals surface area contributed by atoms with Crippen LogP contribution in [0.3, 0.4) is 0 Å². The molecule has 1 aromatic rings. The number of hydrogen-bond acceptors (Lipinski definition) is 3. The molecule has 74 valence electrons. The van der Waals surface area contributed by atoms with Crippen LogP contribution in [0.5, 0.6) is 0 Å². The van der Waals surface area contributed by atoms with Gasteiger partial charge in [-0.3, -0.25) is 4.79 Å². The zero-order chi connectivity index (χ0) is 10.8. The summed E-state index contributed by atoms with van der Waals surface area (Å²) in [5.74, 6) is -1.08. The molecule has 0 radical (unpaired) electrons. The van der Waals surface area contributed by atoms with Gasteiger partial charge in [0.1, 0.15) is 11.6 Å². The highest BCUT2D eigenvalue weighted by atomic mass is 16.3. The summed E-state index contributed by atoms with van der Waals surface area (Å²) < 4.78 is 0. The zero-order valence-corrected chi connectivity index (χ0v) is 7.77. The summed E-state index contributed by atoms with van der Waals surface area (Å²) in [6.45, 7) is 0. The van der Waals surface area contributed by atoms with E-state index in [2.05, 4.69) is 5.32 Å². The molecule has 1 heterocycles. The van der Waals surface area contributed by atoms with Crippen LogP contribution in [0, 0.1) is 11.3 Å². The van der Waals surface area contributed by atoms with Gasteiger partial charge in [-0.05, 0) is 5.56 Å². The summed E-state index contributed by atoms with van der Waals surface area (Å²) in [6.07, 6.45) is 0. The van der Waals surface area contributed by atoms with Gasteiger partial charge in [0.15, 0.2) is 5.76 Å². The van der Waals surface area contributed by atoms with Crippen molar-refractivity contribution in [2.24, 2.45) is 0 Å². The molecule has 1 amide bonds. The maximum atomic E-state index is 11.2. The molecule has 1 aliphatic heterocycles. The SMILES string of the molecule is N#CC1=C(O)C(=O)NC1c1ccccc1. The van der Waals surface area contributed by atoms with E-state index in [4.69, 9.17) is 5.26 Å². The van der Waals surface area contributed by atoms with Crippen molar-refractivity contribution in [1.29, 1.82) is 5.26 Å². The molecule has 2 rings (SSSR count). The van der Waals surface area contributed by atoms with E-state index in [0.29, 0.717) is 0 Å². The number of aliphatic hydroxyl groups excluding tert-OH is 1. The van der Waals surface area contributed by atoms with Crippen LogP contribution in [-0.4, -0.2) is 11.0 Å². The number of rotatable bonds is 1. The lowest BCUT2D eigenvalue weighted by Crippen LogP contribution is -2.21. The second-order valence-electron chi connectivity index (χ2n) is 3.19. The number of carbonyl (C=O) groups excluding carboxylic acids is 1. The number of hydrogen-bond donors (Lipinski definition) is 2. The van der Waals surface area contributed by atoms with Crippen LogP contribution in [0.4, 0.5) is 0 Å². The molecule has 0 aliphatic carbocycles. The predicted octanol–water partition coefficient (Wildman–Crippen LogP) is 1.19. The Balaban J connectivity index is 2.43. The van der Waals surface area contributed by atoms with Gasteiger partial charge in [-0.15, -0.1) is 0 Å². The smallest absolute Gasteiger partial charge is 0.288 e. The molecule has 0 aromatic heterocycles. The molecule has 2 N–H and O–H groups in total. The highest BCUT2D eigenvalue weighted by molar-refractivity contribution is 5.96. The van der Waals surface area contributed by atoms with Crippen LogP contribution in [0.25, 0.3) is 0 Å². The fourth-order valence-electron chi connectivity index (χ4n) is 1.54. The maximum Gasteiger partial charge on any atom is 0.288 e. The van der Waals surface area contributed by atoms with Crippen molar-refractivity contribution in [2.75, 3.05) is 0 Å². The molecular formula is C11H8N2O2. The average molecular weight is 200 g/mol. The van der Waals surface area contributed by atoms with E-state index in [-0.39, 0.29) is 5.57 Å². The highest BCUT2D eigenvalue weighted by Gasteiger charge is 2.32. The normalized spacial score (nSPS) is 19.9. The summed E-state index contributed by atoms with van der Waals surface area (Å²) in [4.78, 5) is 11.2. The Morgan fingerprint density at radius 3 is 2.60 bits per heavy atom. The van der Waals surface area contributed by atoms with Crippen molar-refractivity contribution in [3.63, 3.8) is 0 Å². The van der Waals surface area contributed by atoms with E-state index >= 15 is 0 Å². The molecule has 1 unspecified atom stereocenters. The number of nitrogens with one attached hydrogen (secondary N) is 1. The van der Waals surface area contributed by atoms with Crippen LogP contribution in [0.1, 0.15) is 11.6 Å². The zero-order valence-electron chi connectivity index (χ0n) is 7.77. The lowest BCUT2D eigenvalue weighted by atomic mass is 10.0. The molecule has 1 aromatic carbocycles. The maximum absolute atomic E-state index is 11.2. The molecular weight excluding hydrogens is 192 g/mol. The van der Waals surface area contributed by atoms with Crippen LogP contribution in [0.2, 0.25) is 0 Å². The lowest BCUT2D eigenvalue weighted by molar-refractivity contribution is -0.119. The predicted molar refractivity (Wildman–Crippen MR) is 52.6 cm³/mol. The largest absolute Gasteiger partial charge is 0.502 e. The lowest BCUT2D eigenvalue weighted by Gasteiger charge is -2.09. The van der Waals surface area contributed by atoms with Gasteiger partial charge in [0, 0.05) is 0 Å². The average Bonchev–Trinajstić information content (AvgIpc) is 2.56. The highest BCUT2D eigenvalue weighted by Crippen LogP contribution is 2.27. The number of amides is 1. The number of carbonyl (C=O) groups is 1. The molecule has 4 heteroatoms. The second-order valence-corrected chi connectivity index (χ2v) is 3.19. The van der Waals surface area contributed by atoms with E-state index in [1.54, 1.807) is 12.1 Å². The van der Waals surface area contributed by atoms with Crippen molar-refractivity contribution in [1.82, 2.24) is 5.32 Å². The van der Waals surface area contributed by atoms with Gasteiger partial charge in [-0.1, -0.05) is 30.3 Å². The van der Waals surface area contributed by atoms with Crippen molar-refractivity contribution >= 4 is 5.91 Å². The van der Waals surface area contributed by atoms with E-state index in [1.807, 2.05) is 24.3 Å². The number of aliphatic hydroxyl groups is 1. The Morgan fingerprint density at radius 1 is 1.33 bits per heavy atom. The van der Waals surface area contributed by atoms with Gasteiger partial charge < -0.3 is 10.4 Å². The van der Waals surface area contributed by atoms with E-state index in [1.165, 1.54) is 0 Å². The second kappa shape index (κ2) is 3.46. The van der Waals surface area contributed by atoms with Crippen LogP contribution in [0.15, 0.2) is 41.7 Å². The summed E-state index contributed by atoms with van der Waals surface area (Å²) in [5, 5.41) is 20.7. The third-order valence-corrected chi connectivity index (χ3v) is 2.29. The topological polar surface area (TPSA) is 73.1 Å². The number of benzene rings is 1. The first-order valence-corrected chi connectivity index (χ1v) is 4.43. The van der Waals surface area contributed by atoms with E-state index < -0.39 is 17.7 Å². The van der Waals surface area contributed by atoms with Crippen molar-refractivity contribution in [2.45, 2.75) is 6.04 Å². The Labute approximate surface area is 86.5 Å². The monoisotopic (exact) mass is 200 g/mol. The molecule has 0 spiro atoms. The Morgan fingerprint density at radius 2 is 2.00 bits per heavy atom. The van der Waals surface area contributed by atoms with Crippen LogP contribution >= 0.6 is 0 Å². The molecule has 4 nitrogen and oxygen atoms in total. The van der Waals surface area contributed by atoms with Gasteiger partial charge in [0.05, 0.1) is 6.04 Å². The van der Waals surface area contributed by atoms with Gasteiger partial charge in [-0.2, -0.15) is 5.26 Å². The molecule has 0 saturated carbocycles. The standard InChI is InChI=1S/C11H8N2O2/c12-6-8-9(13-11(15)10(8)14)7-4-2-1-3-5-7/h1-5,9,14H,(H,13,15). The molecule has 1 atom stereocenters. The number of nitriles is 1. The van der Waals surface area contributed by atoms with Gasteiger partial charge in [0.2, 0.25) is 0 Å². The van der Waals surface area contributed by atoms with E-state index in [0.717, 1.165) is 5.56 Å². The molecule has 0 saturated heterocycles. The number of nitrogens with zero attached hydrogens (tertiary/aromatic N) is 1. The Kier molecular flexibility index (Phi) is 2.14. The first kappa shape index (κ1) is 9.28. The fraction of sp³-hybridized carbons (Fsp3) is 0.0909. The molecule has 15 heavy (non-hydrogen) atoms. The molecule has 1 aliphatic rings. The summed E-state index contributed by atoms with van der Waals surface area (Å²) in [5.41, 5.74) is 0.859. The van der Waals surface area contributed by atoms with Gasteiger partial charge in [0.25, 0.3) is 5.91 Å². The van der Waals surface area contributed by atoms with Crippen LogP contribution in [-0.2, 0) is 4.79 Å². The van der Waals surface area contributed by atoms with E-state index in [9.17, 15) is 9.90 Å². The Hall–Kier alpha value is -2.28. The fourth-order valence-corrected chi connectivity index (χ4v) is 1.54. The molecule has 0 fully saturated rings. The van der Waals surface area contributed by atoms with Gasteiger partial charge >= 0.3 is 0 Å². The first-order chi connectivity index (χ1) is 7.24. The minimum Gasteiger partial charge on any atom is -0.502 e. The summed E-state index contributed by atoms with van der Waals surface area (Å²) in [6, 6.07) is 10.4. The van der Waals surface area contributed by atoms with Crippen LogP contribution < -0.4 is 5.32 Å². The van der Waals surface area contributed by atoms with Crippen molar-refractivity contribution in [3.8, 4) is 6.07 Å².